The van der Waals surface area contributed by atoms with Crippen LogP contribution in [0.5, 0.6) is 0 Å². The molecule has 0 N–H and O–H groups in total. The molecule has 0 aliphatic carbocycles. The van der Waals surface area contributed by atoms with E-state index in [9.17, 15) is 0 Å². The maximum atomic E-state index is 5.57. The summed E-state index contributed by atoms with van der Waals surface area (Å²) in [6.07, 6.45) is 3.32. The van der Waals surface area contributed by atoms with Crippen molar-refractivity contribution in [3.05, 3.63) is 59.7 Å². The lowest BCUT2D eigenvalue weighted by Gasteiger charge is -2.34. The van der Waals surface area contributed by atoms with Crippen LogP contribution in [0.4, 0.5) is 0 Å². The van der Waals surface area contributed by atoms with Gasteiger partial charge in [-0.05, 0) is 31.4 Å². The first-order chi connectivity index (χ1) is 11.8. The first-order valence-corrected chi connectivity index (χ1v) is 8.05. The SMILES string of the molecule is Cc1cc(-c2nc(C3(c4ccccc4)CCOCC3)no2)cnn1. The molecule has 0 atom stereocenters. The number of ether oxygens (including phenoxy) is 1. The molecule has 0 amide bonds. The summed E-state index contributed by atoms with van der Waals surface area (Å²) in [5.41, 5.74) is 2.54. The van der Waals surface area contributed by atoms with Gasteiger partial charge in [0, 0.05) is 13.2 Å². The van der Waals surface area contributed by atoms with Crippen LogP contribution in [0, 0.1) is 6.92 Å². The predicted octanol–water partition coefficient (Wildman–Crippen LogP) is 2.93. The first kappa shape index (κ1) is 15.0. The summed E-state index contributed by atoms with van der Waals surface area (Å²) >= 11 is 0. The standard InChI is InChI=1S/C18H18N4O2/c1-13-11-14(12-19-21-13)16-20-17(22-24-16)18(7-9-23-10-8-18)15-5-3-2-4-6-15/h2-6,11-12H,7-10H2,1H3. The number of aromatic nitrogens is 4. The van der Waals surface area contributed by atoms with Gasteiger partial charge in [0.1, 0.15) is 0 Å². The number of rotatable bonds is 3. The molecule has 1 saturated heterocycles. The average Bonchev–Trinajstić information content (AvgIpc) is 3.14. The number of benzene rings is 1. The summed E-state index contributed by atoms with van der Waals surface area (Å²) in [5, 5.41) is 12.2. The Morgan fingerprint density at radius 3 is 2.62 bits per heavy atom. The van der Waals surface area contributed by atoms with Crippen molar-refractivity contribution in [1.82, 2.24) is 20.3 Å². The average molecular weight is 322 g/mol. The summed E-state index contributed by atoms with van der Waals surface area (Å²) < 4.78 is 11.1. The molecule has 6 nitrogen and oxygen atoms in total. The molecule has 1 aromatic carbocycles. The van der Waals surface area contributed by atoms with E-state index in [2.05, 4.69) is 27.5 Å². The second-order valence-corrected chi connectivity index (χ2v) is 6.07. The molecule has 0 saturated carbocycles. The third-order valence-electron chi connectivity index (χ3n) is 4.55. The largest absolute Gasteiger partial charge is 0.381 e. The van der Waals surface area contributed by atoms with Gasteiger partial charge in [0.2, 0.25) is 0 Å². The van der Waals surface area contributed by atoms with Gasteiger partial charge < -0.3 is 9.26 Å². The quantitative estimate of drug-likeness (QED) is 0.738. The molecule has 122 valence electrons. The van der Waals surface area contributed by atoms with Crippen molar-refractivity contribution in [1.29, 1.82) is 0 Å². The zero-order valence-electron chi connectivity index (χ0n) is 13.5. The van der Waals surface area contributed by atoms with Gasteiger partial charge >= 0.3 is 0 Å². The van der Waals surface area contributed by atoms with Gasteiger partial charge in [-0.15, -0.1) is 0 Å². The fourth-order valence-electron chi connectivity index (χ4n) is 3.24. The van der Waals surface area contributed by atoms with Crippen LogP contribution >= 0.6 is 0 Å². The van der Waals surface area contributed by atoms with Crippen LogP contribution in [0.2, 0.25) is 0 Å². The highest BCUT2D eigenvalue weighted by Gasteiger charge is 2.40. The van der Waals surface area contributed by atoms with Crippen LogP contribution in [-0.2, 0) is 10.2 Å². The summed E-state index contributed by atoms with van der Waals surface area (Å²) in [6.45, 7) is 3.26. The summed E-state index contributed by atoms with van der Waals surface area (Å²) in [7, 11) is 0. The minimum atomic E-state index is -0.267. The Kier molecular flexibility index (Phi) is 3.82. The zero-order valence-corrected chi connectivity index (χ0v) is 13.5. The molecule has 3 aromatic rings. The van der Waals surface area contributed by atoms with Crippen LogP contribution in [0.1, 0.15) is 29.9 Å². The molecular formula is C18H18N4O2. The van der Waals surface area contributed by atoms with Crippen molar-refractivity contribution in [2.24, 2.45) is 0 Å². The molecular weight excluding hydrogens is 304 g/mol. The van der Waals surface area contributed by atoms with Crippen LogP contribution in [-0.4, -0.2) is 33.6 Å². The third kappa shape index (κ3) is 2.59. The molecule has 0 bridgehead atoms. The van der Waals surface area contributed by atoms with Gasteiger partial charge in [-0.25, -0.2) is 0 Å². The van der Waals surface area contributed by atoms with Crippen molar-refractivity contribution in [3.8, 4) is 11.5 Å². The van der Waals surface area contributed by atoms with E-state index < -0.39 is 0 Å². The summed E-state index contributed by atoms with van der Waals surface area (Å²) in [6, 6.07) is 12.2. The topological polar surface area (TPSA) is 73.9 Å². The highest BCUT2D eigenvalue weighted by atomic mass is 16.5. The van der Waals surface area contributed by atoms with Crippen LogP contribution in [0.15, 0.2) is 47.1 Å². The fourth-order valence-corrected chi connectivity index (χ4v) is 3.24. The smallest absolute Gasteiger partial charge is 0.259 e. The monoisotopic (exact) mass is 322 g/mol. The van der Waals surface area contributed by atoms with Crippen molar-refractivity contribution in [3.63, 3.8) is 0 Å². The Morgan fingerprint density at radius 2 is 1.88 bits per heavy atom. The minimum absolute atomic E-state index is 0.267. The van der Waals surface area contributed by atoms with Crippen molar-refractivity contribution in [2.45, 2.75) is 25.2 Å². The van der Waals surface area contributed by atoms with Crippen LogP contribution in [0.3, 0.4) is 0 Å². The molecule has 4 rings (SSSR count). The molecule has 24 heavy (non-hydrogen) atoms. The molecule has 1 aliphatic rings. The lowest BCUT2D eigenvalue weighted by atomic mass is 9.73. The van der Waals surface area contributed by atoms with Gasteiger partial charge in [0.25, 0.3) is 5.89 Å². The van der Waals surface area contributed by atoms with E-state index in [1.165, 1.54) is 5.56 Å². The molecule has 1 aliphatic heterocycles. The van der Waals surface area contributed by atoms with E-state index in [1.807, 2.05) is 31.2 Å². The van der Waals surface area contributed by atoms with Gasteiger partial charge in [-0.3, -0.25) is 0 Å². The molecule has 0 spiro atoms. The normalized spacial score (nSPS) is 16.9. The Morgan fingerprint density at radius 1 is 1.08 bits per heavy atom. The third-order valence-corrected chi connectivity index (χ3v) is 4.55. The molecule has 6 heteroatoms. The second-order valence-electron chi connectivity index (χ2n) is 6.07. The minimum Gasteiger partial charge on any atom is -0.381 e. The molecule has 1 fully saturated rings. The van der Waals surface area contributed by atoms with E-state index >= 15 is 0 Å². The first-order valence-electron chi connectivity index (χ1n) is 8.05. The number of hydrogen-bond acceptors (Lipinski definition) is 6. The Balaban J connectivity index is 1.77. The van der Waals surface area contributed by atoms with Crippen molar-refractivity contribution >= 4 is 0 Å². The Hall–Kier alpha value is -2.60. The highest BCUT2D eigenvalue weighted by Crippen LogP contribution is 2.40. The molecule has 3 heterocycles. The van der Waals surface area contributed by atoms with E-state index in [1.54, 1.807) is 6.20 Å². The van der Waals surface area contributed by atoms with Gasteiger partial charge in [0.05, 0.1) is 22.9 Å². The second kappa shape index (κ2) is 6.13. The van der Waals surface area contributed by atoms with Crippen molar-refractivity contribution in [2.75, 3.05) is 13.2 Å². The van der Waals surface area contributed by atoms with E-state index in [4.69, 9.17) is 14.2 Å². The maximum Gasteiger partial charge on any atom is 0.259 e. The van der Waals surface area contributed by atoms with Crippen LogP contribution < -0.4 is 0 Å². The molecule has 2 aromatic heterocycles. The van der Waals surface area contributed by atoms with Crippen LogP contribution in [0.25, 0.3) is 11.5 Å². The molecule has 0 radical (unpaired) electrons. The lowest BCUT2D eigenvalue weighted by Crippen LogP contribution is -2.36. The predicted molar refractivity (Wildman–Crippen MR) is 87.3 cm³/mol. The number of aryl methyl sites for hydroxylation is 1. The maximum absolute atomic E-state index is 5.57. The van der Waals surface area contributed by atoms with Crippen molar-refractivity contribution < 1.29 is 9.26 Å². The van der Waals surface area contributed by atoms with Gasteiger partial charge in [-0.1, -0.05) is 35.5 Å². The van der Waals surface area contributed by atoms with E-state index in [-0.39, 0.29) is 5.41 Å². The summed E-state index contributed by atoms with van der Waals surface area (Å²) in [4.78, 5) is 4.69. The van der Waals surface area contributed by atoms with E-state index in [0.29, 0.717) is 24.9 Å². The number of hydrogen-bond donors (Lipinski definition) is 0. The Labute approximate surface area is 139 Å². The fraction of sp³-hybridized carbons (Fsp3) is 0.333. The summed E-state index contributed by atoms with van der Waals surface area (Å²) in [5.74, 6) is 1.19. The lowest BCUT2D eigenvalue weighted by molar-refractivity contribution is 0.0597. The van der Waals surface area contributed by atoms with Gasteiger partial charge in [0.15, 0.2) is 5.82 Å². The van der Waals surface area contributed by atoms with E-state index in [0.717, 1.165) is 24.1 Å². The number of nitrogens with zero attached hydrogens (tertiary/aromatic N) is 4. The molecule has 0 unspecified atom stereocenters. The van der Waals surface area contributed by atoms with Gasteiger partial charge in [-0.2, -0.15) is 15.2 Å². The Bertz CT molecular complexity index is 826. The highest BCUT2D eigenvalue weighted by molar-refractivity contribution is 5.51. The zero-order chi connectivity index (χ0) is 16.4.